The molecule has 1 fully saturated rings. The predicted octanol–water partition coefficient (Wildman–Crippen LogP) is 3.20. The number of piperazine rings is 1. The van der Waals surface area contributed by atoms with Gasteiger partial charge in [-0.25, -0.2) is 9.78 Å². The molecule has 0 spiro atoms. The highest BCUT2D eigenvalue weighted by Gasteiger charge is 2.20. The Morgan fingerprint density at radius 1 is 1.06 bits per heavy atom. The van der Waals surface area contributed by atoms with Crippen molar-refractivity contribution in [3.05, 3.63) is 59.2 Å². The molecule has 0 saturated carbocycles. The number of carbonyl (C=O) groups is 2. The molecule has 0 radical (unpaired) electrons. The Hall–Kier alpha value is -2.97. The molecule has 32 heavy (non-hydrogen) atoms. The maximum absolute atomic E-state index is 12.4. The van der Waals surface area contributed by atoms with Gasteiger partial charge in [0.15, 0.2) is 5.13 Å². The van der Waals surface area contributed by atoms with Crippen molar-refractivity contribution in [2.45, 2.75) is 13.3 Å². The van der Waals surface area contributed by atoms with E-state index in [9.17, 15) is 9.59 Å². The van der Waals surface area contributed by atoms with Crippen LogP contribution in [0.2, 0.25) is 0 Å². The second-order valence-corrected chi connectivity index (χ2v) is 8.78. The number of nitrogens with one attached hydrogen (secondary N) is 1. The Balaban J connectivity index is 1.24. The van der Waals surface area contributed by atoms with Gasteiger partial charge in [-0.15, -0.1) is 0 Å². The zero-order valence-corrected chi connectivity index (χ0v) is 19.3. The van der Waals surface area contributed by atoms with Crippen LogP contribution in [0.4, 0.5) is 5.13 Å². The lowest BCUT2D eigenvalue weighted by molar-refractivity contribution is 0.0600. The molecular weight excluding hydrogens is 424 g/mol. The summed E-state index contributed by atoms with van der Waals surface area (Å²) in [5, 5.41) is 4.06. The van der Waals surface area contributed by atoms with Gasteiger partial charge in [0.1, 0.15) is 0 Å². The third-order valence-electron chi connectivity index (χ3n) is 5.80. The first kappa shape index (κ1) is 22.2. The van der Waals surface area contributed by atoms with Crippen molar-refractivity contribution in [1.82, 2.24) is 15.2 Å². The standard InChI is InChI=1S/C24H28N4O3S/c1-3-17-5-4-6-20-21(17)26-24(32-20)28-15-13-27(14-16-28)12-11-25-22(29)18-7-9-19(10-8-18)23(30)31-2/h4-10H,3,11-16H2,1-2H3,(H,25,29). The number of rotatable bonds is 7. The number of para-hydroxylation sites is 1. The van der Waals surface area contributed by atoms with Crippen LogP contribution in [-0.4, -0.2) is 68.1 Å². The highest BCUT2D eigenvalue weighted by atomic mass is 32.1. The Labute approximate surface area is 192 Å². The molecule has 1 aromatic heterocycles. The molecule has 1 aliphatic rings. The molecule has 0 unspecified atom stereocenters. The Kier molecular flexibility index (Phi) is 7.02. The van der Waals surface area contributed by atoms with E-state index in [2.05, 4.69) is 45.0 Å². The fourth-order valence-electron chi connectivity index (χ4n) is 3.88. The zero-order chi connectivity index (χ0) is 22.5. The molecule has 8 heteroatoms. The summed E-state index contributed by atoms with van der Waals surface area (Å²) in [6, 6.07) is 12.9. The number of hydrogen-bond donors (Lipinski definition) is 1. The first-order valence-electron chi connectivity index (χ1n) is 10.9. The van der Waals surface area contributed by atoms with Crippen molar-refractivity contribution in [2.24, 2.45) is 0 Å². The smallest absolute Gasteiger partial charge is 0.337 e. The number of methoxy groups -OCH3 is 1. The van der Waals surface area contributed by atoms with Crippen LogP contribution >= 0.6 is 11.3 Å². The van der Waals surface area contributed by atoms with Crippen LogP contribution < -0.4 is 10.2 Å². The Bertz CT molecular complexity index is 1090. The van der Waals surface area contributed by atoms with Gasteiger partial charge in [-0.1, -0.05) is 30.4 Å². The van der Waals surface area contributed by atoms with Crippen molar-refractivity contribution >= 4 is 38.6 Å². The number of nitrogens with zero attached hydrogens (tertiary/aromatic N) is 3. The lowest BCUT2D eigenvalue weighted by atomic mass is 10.1. The van der Waals surface area contributed by atoms with Crippen LogP contribution in [0.1, 0.15) is 33.2 Å². The number of aromatic nitrogens is 1. The fraction of sp³-hybridized carbons (Fsp3) is 0.375. The molecular formula is C24H28N4O3S. The van der Waals surface area contributed by atoms with E-state index < -0.39 is 5.97 Å². The lowest BCUT2D eigenvalue weighted by Crippen LogP contribution is -2.48. The van der Waals surface area contributed by atoms with Crippen LogP contribution in [0, 0.1) is 0 Å². The van der Waals surface area contributed by atoms with Gasteiger partial charge in [0, 0.05) is 44.8 Å². The molecule has 168 valence electrons. The number of benzene rings is 2. The SMILES string of the molecule is CCc1cccc2sc(N3CCN(CCNC(=O)c4ccc(C(=O)OC)cc4)CC3)nc12. The lowest BCUT2D eigenvalue weighted by Gasteiger charge is -2.34. The van der Waals surface area contributed by atoms with E-state index in [1.165, 1.54) is 17.4 Å². The van der Waals surface area contributed by atoms with E-state index in [0.29, 0.717) is 17.7 Å². The first-order valence-corrected chi connectivity index (χ1v) is 11.7. The largest absolute Gasteiger partial charge is 0.465 e. The maximum atomic E-state index is 12.4. The van der Waals surface area contributed by atoms with Crippen molar-refractivity contribution in [3.63, 3.8) is 0 Å². The van der Waals surface area contributed by atoms with Gasteiger partial charge in [-0.05, 0) is 42.3 Å². The number of fused-ring (bicyclic) bond motifs is 1. The summed E-state index contributed by atoms with van der Waals surface area (Å²) in [6.45, 7) is 7.32. The highest BCUT2D eigenvalue weighted by Crippen LogP contribution is 2.31. The molecule has 1 amide bonds. The Morgan fingerprint density at radius 2 is 1.78 bits per heavy atom. The van der Waals surface area contributed by atoms with E-state index in [0.717, 1.165) is 49.8 Å². The molecule has 1 aliphatic heterocycles. The van der Waals surface area contributed by atoms with Crippen LogP contribution in [0.25, 0.3) is 10.2 Å². The summed E-state index contributed by atoms with van der Waals surface area (Å²) >= 11 is 1.77. The average Bonchev–Trinajstić information content (AvgIpc) is 3.28. The van der Waals surface area contributed by atoms with Gasteiger partial charge in [0.25, 0.3) is 5.91 Å². The number of anilines is 1. The molecule has 3 aromatic rings. The van der Waals surface area contributed by atoms with Crippen LogP contribution in [-0.2, 0) is 11.2 Å². The monoisotopic (exact) mass is 452 g/mol. The van der Waals surface area contributed by atoms with E-state index in [1.807, 2.05) is 0 Å². The average molecular weight is 453 g/mol. The van der Waals surface area contributed by atoms with Gasteiger partial charge in [0.2, 0.25) is 0 Å². The van der Waals surface area contributed by atoms with Gasteiger partial charge >= 0.3 is 5.97 Å². The summed E-state index contributed by atoms with van der Waals surface area (Å²) < 4.78 is 5.93. The molecule has 1 saturated heterocycles. The minimum absolute atomic E-state index is 0.138. The first-order chi connectivity index (χ1) is 15.6. The Morgan fingerprint density at radius 3 is 2.47 bits per heavy atom. The number of aryl methyl sites for hydroxylation is 1. The molecule has 0 bridgehead atoms. The number of ether oxygens (including phenoxy) is 1. The molecule has 4 rings (SSSR count). The van der Waals surface area contributed by atoms with Gasteiger partial charge < -0.3 is 15.0 Å². The fourth-order valence-corrected chi connectivity index (χ4v) is 4.95. The van der Waals surface area contributed by atoms with Crippen molar-refractivity contribution in [1.29, 1.82) is 0 Å². The topological polar surface area (TPSA) is 74.8 Å². The van der Waals surface area contributed by atoms with E-state index in [4.69, 9.17) is 4.98 Å². The zero-order valence-electron chi connectivity index (χ0n) is 18.5. The molecule has 7 nitrogen and oxygen atoms in total. The summed E-state index contributed by atoms with van der Waals surface area (Å²) in [5.41, 5.74) is 3.41. The third kappa shape index (κ3) is 4.92. The van der Waals surface area contributed by atoms with E-state index in [1.54, 1.807) is 35.6 Å². The van der Waals surface area contributed by atoms with Crippen molar-refractivity contribution < 1.29 is 14.3 Å². The molecule has 0 atom stereocenters. The number of esters is 1. The summed E-state index contributed by atoms with van der Waals surface area (Å²) in [6.07, 6.45) is 0.995. The summed E-state index contributed by atoms with van der Waals surface area (Å²) in [7, 11) is 1.34. The maximum Gasteiger partial charge on any atom is 0.337 e. The van der Waals surface area contributed by atoms with Gasteiger partial charge in [-0.2, -0.15) is 0 Å². The van der Waals surface area contributed by atoms with Crippen LogP contribution in [0.5, 0.6) is 0 Å². The van der Waals surface area contributed by atoms with Crippen molar-refractivity contribution in [3.8, 4) is 0 Å². The normalized spacial score (nSPS) is 14.5. The van der Waals surface area contributed by atoms with Gasteiger partial charge in [-0.3, -0.25) is 9.69 Å². The van der Waals surface area contributed by atoms with Gasteiger partial charge in [0.05, 0.1) is 22.9 Å². The molecule has 2 aromatic carbocycles. The summed E-state index contributed by atoms with van der Waals surface area (Å²) in [4.78, 5) is 33.5. The second-order valence-electron chi connectivity index (χ2n) is 7.77. The van der Waals surface area contributed by atoms with Crippen molar-refractivity contribution in [2.75, 3.05) is 51.3 Å². The molecule has 2 heterocycles. The quantitative estimate of drug-likeness (QED) is 0.555. The third-order valence-corrected chi connectivity index (χ3v) is 6.88. The minimum atomic E-state index is -0.409. The van der Waals surface area contributed by atoms with Crippen LogP contribution in [0.15, 0.2) is 42.5 Å². The minimum Gasteiger partial charge on any atom is -0.465 e. The highest BCUT2D eigenvalue weighted by molar-refractivity contribution is 7.22. The second kappa shape index (κ2) is 10.1. The predicted molar refractivity (Wildman–Crippen MR) is 128 cm³/mol. The van der Waals surface area contributed by atoms with Crippen LogP contribution in [0.3, 0.4) is 0 Å². The number of amides is 1. The molecule has 1 N–H and O–H groups in total. The van der Waals surface area contributed by atoms with E-state index in [-0.39, 0.29) is 5.91 Å². The number of thiazole rings is 1. The van der Waals surface area contributed by atoms with E-state index >= 15 is 0 Å². The number of carbonyl (C=O) groups excluding carboxylic acids is 2. The number of hydrogen-bond acceptors (Lipinski definition) is 7. The molecule has 0 aliphatic carbocycles. The summed E-state index contributed by atoms with van der Waals surface area (Å²) in [5.74, 6) is -0.547.